The van der Waals surface area contributed by atoms with Gasteiger partial charge >= 0.3 is 12.1 Å². The van der Waals surface area contributed by atoms with Gasteiger partial charge < -0.3 is 13.9 Å². The van der Waals surface area contributed by atoms with Crippen LogP contribution in [0.5, 0.6) is 0 Å². The fourth-order valence-corrected chi connectivity index (χ4v) is 3.21. The van der Waals surface area contributed by atoms with Crippen LogP contribution in [0.25, 0.3) is 0 Å². The third-order valence-electron chi connectivity index (χ3n) is 4.97. The second-order valence-corrected chi connectivity index (χ2v) is 15.0. The van der Waals surface area contributed by atoms with E-state index < -0.39 is 31.5 Å². The minimum atomic E-state index is -2.18. The third-order valence-corrected chi connectivity index (χ3v) is 9.45. The van der Waals surface area contributed by atoms with E-state index in [1.807, 2.05) is 30.3 Å². The lowest BCUT2D eigenvalue weighted by Crippen LogP contribution is -2.58. The van der Waals surface area contributed by atoms with Crippen LogP contribution < -0.4 is 5.32 Å². The number of esters is 1. The lowest BCUT2D eigenvalue weighted by molar-refractivity contribution is -0.142. The summed E-state index contributed by atoms with van der Waals surface area (Å²) in [7, 11) is -2.18. The molecule has 31 heavy (non-hydrogen) atoms. The first kappa shape index (κ1) is 26.7. The van der Waals surface area contributed by atoms with Crippen LogP contribution in [-0.2, 0) is 18.7 Å². The molecule has 0 bridgehead atoms. The minimum Gasteiger partial charge on any atom is -0.462 e. The van der Waals surface area contributed by atoms with Crippen molar-refractivity contribution < 1.29 is 23.5 Å². The zero-order valence-electron chi connectivity index (χ0n) is 20.3. The molecule has 1 rings (SSSR count). The molecular formula is C24H37NO5Si. The Hall–Kier alpha value is -2.30. The van der Waals surface area contributed by atoms with E-state index in [1.54, 1.807) is 20.8 Å². The number of hydrogen-bond acceptors (Lipinski definition) is 5. The van der Waals surface area contributed by atoms with Gasteiger partial charge in [0.25, 0.3) is 0 Å². The van der Waals surface area contributed by atoms with Crippen LogP contribution in [0.15, 0.2) is 30.3 Å². The lowest BCUT2D eigenvalue weighted by Gasteiger charge is -2.39. The summed E-state index contributed by atoms with van der Waals surface area (Å²) >= 11 is 0. The van der Waals surface area contributed by atoms with Gasteiger partial charge in [0.15, 0.2) is 13.9 Å². The summed E-state index contributed by atoms with van der Waals surface area (Å²) in [4.78, 5) is 24.3. The van der Waals surface area contributed by atoms with E-state index in [4.69, 9.17) is 13.9 Å². The standard InChI is InChI=1S/C24H37NO5Si/c1-19(26)28-17-24(25-21(27)30-22(2,3)4,16-15-20-13-11-10-12-14-20)18-29-31(8,9)23(5,6)7/h10-14H,17-18H2,1-9H3,(H,25,27)/t24-/m1/s1. The van der Waals surface area contributed by atoms with Crippen molar-refractivity contribution in [2.24, 2.45) is 0 Å². The Bertz CT molecular complexity index is 812. The number of ether oxygens (including phenoxy) is 2. The SMILES string of the molecule is CC(=O)OC[C@](C#Cc1ccccc1)(CO[Si](C)(C)C(C)(C)C)NC(=O)OC(C)(C)C. The molecule has 1 N–H and O–H groups in total. The molecule has 1 aromatic carbocycles. The van der Waals surface area contributed by atoms with E-state index in [9.17, 15) is 9.59 Å². The Morgan fingerprint density at radius 3 is 2.06 bits per heavy atom. The fourth-order valence-electron chi connectivity index (χ4n) is 2.17. The Morgan fingerprint density at radius 1 is 1.00 bits per heavy atom. The Balaban J connectivity index is 3.35. The molecule has 7 heteroatoms. The Labute approximate surface area is 188 Å². The van der Waals surface area contributed by atoms with Crippen LogP contribution in [0.1, 0.15) is 54.0 Å². The molecule has 1 amide bonds. The van der Waals surface area contributed by atoms with Gasteiger partial charge in [0.1, 0.15) is 12.2 Å². The highest BCUT2D eigenvalue weighted by atomic mass is 28.4. The number of benzene rings is 1. The Kier molecular flexibility index (Phi) is 8.91. The van der Waals surface area contributed by atoms with Crippen LogP contribution >= 0.6 is 0 Å². The van der Waals surface area contributed by atoms with Crippen molar-refractivity contribution in [3.63, 3.8) is 0 Å². The monoisotopic (exact) mass is 447 g/mol. The number of carbonyl (C=O) groups excluding carboxylic acids is 2. The van der Waals surface area contributed by atoms with E-state index in [-0.39, 0.29) is 18.3 Å². The average Bonchev–Trinajstić information content (AvgIpc) is 2.61. The minimum absolute atomic E-state index is 0.0427. The maximum atomic E-state index is 12.7. The van der Waals surface area contributed by atoms with Gasteiger partial charge in [-0.25, -0.2) is 4.79 Å². The van der Waals surface area contributed by atoms with Crippen molar-refractivity contribution in [1.82, 2.24) is 5.32 Å². The summed E-state index contributed by atoms with van der Waals surface area (Å²) in [5.41, 5.74) is -1.18. The van der Waals surface area contributed by atoms with E-state index in [2.05, 4.69) is 51.0 Å². The molecule has 0 spiro atoms. The number of nitrogens with one attached hydrogen (secondary N) is 1. The van der Waals surface area contributed by atoms with Gasteiger partial charge in [0.2, 0.25) is 0 Å². The van der Waals surface area contributed by atoms with Crippen LogP contribution in [0, 0.1) is 11.8 Å². The number of carbonyl (C=O) groups is 2. The fraction of sp³-hybridized carbons (Fsp3) is 0.583. The maximum Gasteiger partial charge on any atom is 0.409 e. The molecule has 0 aliphatic rings. The van der Waals surface area contributed by atoms with Crippen LogP contribution in [-0.4, -0.2) is 44.7 Å². The molecule has 0 aliphatic heterocycles. The third kappa shape index (κ3) is 9.58. The molecule has 0 aromatic heterocycles. The summed E-state index contributed by atoms with van der Waals surface area (Å²) in [6.45, 7) is 17.2. The Morgan fingerprint density at radius 2 is 1.58 bits per heavy atom. The summed E-state index contributed by atoms with van der Waals surface area (Å²) in [6.07, 6.45) is -0.652. The van der Waals surface area contributed by atoms with Gasteiger partial charge in [-0.2, -0.15) is 0 Å². The second kappa shape index (κ2) is 10.3. The summed E-state index contributed by atoms with van der Waals surface area (Å²) in [5, 5.41) is 2.78. The largest absolute Gasteiger partial charge is 0.462 e. The molecule has 0 saturated carbocycles. The van der Waals surface area contributed by atoms with Crippen LogP contribution in [0.2, 0.25) is 18.1 Å². The molecule has 0 radical (unpaired) electrons. The molecule has 0 saturated heterocycles. The quantitative estimate of drug-likeness (QED) is 0.382. The van der Waals surface area contributed by atoms with E-state index in [1.165, 1.54) is 6.92 Å². The van der Waals surface area contributed by atoms with Crippen molar-refractivity contribution in [2.45, 2.75) is 77.7 Å². The van der Waals surface area contributed by atoms with Crippen LogP contribution in [0.4, 0.5) is 4.79 Å². The van der Waals surface area contributed by atoms with Gasteiger partial charge in [0.05, 0.1) is 6.61 Å². The number of alkyl carbamates (subject to hydrolysis) is 1. The molecule has 0 unspecified atom stereocenters. The van der Waals surface area contributed by atoms with E-state index in [0.717, 1.165) is 5.56 Å². The van der Waals surface area contributed by atoms with Crippen molar-refractivity contribution >= 4 is 20.4 Å². The first-order chi connectivity index (χ1) is 14.1. The van der Waals surface area contributed by atoms with E-state index in [0.29, 0.717) is 0 Å². The molecule has 0 aliphatic carbocycles. The van der Waals surface area contributed by atoms with E-state index >= 15 is 0 Å². The first-order valence-electron chi connectivity index (χ1n) is 10.4. The number of hydrogen-bond donors (Lipinski definition) is 1. The highest BCUT2D eigenvalue weighted by Crippen LogP contribution is 2.37. The molecule has 0 heterocycles. The molecule has 0 fully saturated rings. The zero-order chi connectivity index (χ0) is 23.9. The van der Waals surface area contributed by atoms with Gasteiger partial charge in [-0.3, -0.25) is 10.1 Å². The maximum absolute atomic E-state index is 12.7. The number of amides is 1. The van der Waals surface area contributed by atoms with Gasteiger partial charge in [-0.1, -0.05) is 50.8 Å². The summed E-state index contributed by atoms with van der Waals surface area (Å²) in [5.74, 6) is 5.71. The average molecular weight is 448 g/mol. The molecule has 1 aromatic rings. The van der Waals surface area contributed by atoms with Crippen molar-refractivity contribution in [2.75, 3.05) is 13.2 Å². The van der Waals surface area contributed by atoms with Crippen LogP contribution in [0.3, 0.4) is 0 Å². The highest BCUT2D eigenvalue weighted by Gasteiger charge is 2.42. The van der Waals surface area contributed by atoms with Gasteiger partial charge in [0, 0.05) is 12.5 Å². The first-order valence-corrected chi connectivity index (χ1v) is 13.3. The van der Waals surface area contributed by atoms with Crippen molar-refractivity contribution in [1.29, 1.82) is 0 Å². The molecule has 1 atom stereocenters. The normalized spacial score (nSPS) is 14.0. The molecular weight excluding hydrogens is 410 g/mol. The topological polar surface area (TPSA) is 73.9 Å². The smallest absolute Gasteiger partial charge is 0.409 e. The van der Waals surface area contributed by atoms with Gasteiger partial charge in [-0.15, -0.1) is 0 Å². The second-order valence-electron chi connectivity index (χ2n) is 10.2. The van der Waals surface area contributed by atoms with Gasteiger partial charge in [-0.05, 0) is 51.0 Å². The summed E-state index contributed by atoms with van der Waals surface area (Å²) < 4.78 is 17.1. The van der Waals surface area contributed by atoms with Crippen molar-refractivity contribution in [3.8, 4) is 11.8 Å². The predicted molar refractivity (Wildman–Crippen MR) is 125 cm³/mol. The molecule has 172 valence electrons. The molecule has 6 nitrogen and oxygen atoms in total. The summed E-state index contributed by atoms with van der Waals surface area (Å²) in [6, 6.07) is 9.39. The highest BCUT2D eigenvalue weighted by molar-refractivity contribution is 6.74. The number of rotatable bonds is 6. The lowest BCUT2D eigenvalue weighted by atomic mass is 10.0. The zero-order valence-corrected chi connectivity index (χ0v) is 21.3. The van der Waals surface area contributed by atoms with Crippen molar-refractivity contribution in [3.05, 3.63) is 35.9 Å². The predicted octanol–water partition coefficient (Wildman–Crippen LogP) is 4.89.